The topological polar surface area (TPSA) is 66.4 Å². The van der Waals surface area contributed by atoms with Crippen LogP contribution in [-0.4, -0.2) is 13.5 Å². The minimum atomic E-state index is -3.54. The molecule has 0 saturated heterocycles. The van der Waals surface area contributed by atoms with Crippen molar-refractivity contribution in [2.75, 3.05) is 4.72 Å². The van der Waals surface area contributed by atoms with E-state index >= 15 is 0 Å². The highest BCUT2D eigenvalue weighted by Crippen LogP contribution is 2.27. The smallest absolute Gasteiger partial charge is 0.237 e. The number of rotatable bonds is 4. The second-order valence-electron chi connectivity index (χ2n) is 4.32. The van der Waals surface area contributed by atoms with E-state index in [-0.39, 0.29) is 17.2 Å². The first-order valence-corrected chi connectivity index (χ1v) is 7.46. The van der Waals surface area contributed by atoms with Gasteiger partial charge in [0.05, 0.1) is 11.4 Å². The summed E-state index contributed by atoms with van der Waals surface area (Å²) >= 11 is 0. The van der Waals surface area contributed by atoms with Gasteiger partial charge in [0.2, 0.25) is 10.0 Å². The highest BCUT2D eigenvalue weighted by molar-refractivity contribution is 7.91. The fraction of sp³-hybridized carbons (Fsp3) is 0.143. The van der Waals surface area contributed by atoms with Gasteiger partial charge in [0.1, 0.15) is 5.75 Å². The van der Waals surface area contributed by atoms with Gasteiger partial charge in [-0.3, -0.25) is 4.72 Å². The number of para-hydroxylation sites is 1. The van der Waals surface area contributed by atoms with E-state index in [9.17, 15) is 13.5 Å². The van der Waals surface area contributed by atoms with Crippen molar-refractivity contribution in [2.24, 2.45) is 0 Å². The molecule has 2 aromatic rings. The first-order chi connectivity index (χ1) is 8.98. The van der Waals surface area contributed by atoms with Gasteiger partial charge in [-0.15, -0.1) is 0 Å². The number of sulfonamides is 1. The largest absolute Gasteiger partial charge is 0.505 e. The predicted octanol–water partition coefficient (Wildman–Crippen LogP) is 2.64. The molecule has 0 aliphatic heterocycles. The summed E-state index contributed by atoms with van der Waals surface area (Å²) in [6, 6.07) is 13.8. The highest BCUT2D eigenvalue weighted by Gasteiger charge is 2.14. The van der Waals surface area contributed by atoms with E-state index in [0.29, 0.717) is 11.1 Å². The zero-order valence-corrected chi connectivity index (χ0v) is 11.3. The lowest BCUT2D eigenvalue weighted by Crippen LogP contribution is -2.15. The molecule has 0 saturated carbocycles. The van der Waals surface area contributed by atoms with Crippen LogP contribution in [0.3, 0.4) is 0 Å². The summed E-state index contributed by atoms with van der Waals surface area (Å²) in [6.07, 6.45) is 0. The molecular formula is C14H15NO3S. The Morgan fingerprint density at radius 2 is 1.74 bits per heavy atom. The second-order valence-corrected chi connectivity index (χ2v) is 6.04. The van der Waals surface area contributed by atoms with Gasteiger partial charge in [-0.25, -0.2) is 8.42 Å². The number of aryl methyl sites for hydroxylation is 1. The van der Waals surface area contributed by atoms with Crippen molar-refractivity contribution in [1.29, 1.82) is 0 Å². The molecular weight excluding hydrogens is 262 g/mol. The molecule has 0 aliphatic carbocycles. The van der Waals surface area contributed by atoms with Crippen molar-refractivity contribution >= 4 is 15.7 Å². The number of hydrogen-bond donors (Lipinski definition) is 2. The second kappa shape index (κ2) is 5.32. The summed E-state index contributed by atoms with van der Waals surface area (Å²) in [6.45, 7) is 1.71. The minimum Gasteiger partial charge on any atom is -0.505 e. The Morgan fingerprint density at radius 3 is 2.42 bits per heavy atom. The van der Waals surface area contributed by atoms with Crippen LogP contribution in [0.2, 0.25) is 0 Å². The maximum atomic E-state index is 12.0. The van der Waals surface area contributed by atoms with Gasteiger partial charge in [0.15, 0.2) is 0 Å². The van der Waals surface area contributed by atoms with Gasteiger partial charge < -0.3 is 5.11 Å². The number of anilines is 1. The third kappa shape index (κ3) is 3.48. The summed E-state index contributed by atoms with van der Waals surface area (Å²) in [5.41, 5.74) is 1.53. The van der Waals surface area contributed by atoms with Gasteiger partial charge in [-0.2, -0.15) is 0 Å². The van der Waals surface area contributed by atoms with Crippen LogP contribution in [0.1, 0.15) is 11.1 Å². The van der Waals surface area contributed by atoms with Crippen LogP contribution < -0.4 is 4.72 Å². The summed E-state index contributed by atoms with van der Waals surface area (Å²) < 4.78 is 26.4. The Labute approximate surface area is 112 Å². The summed E-state index contributed by atoms with van der Waals surface area (Å²) in [5.74, 6) is -0.166. The number of phenolic OH excluding ortho intramolecular Hbond substituents is 1. The van der Waals surface area contributed by atoms with Crippen molar-refractivity contribution in [2.45, 2.75) is 12.7 Å². The Hall–Kier alpha value is -2.01. The highest BCUT2D eigenvalue weighted by atomic mass is 32.2. The maximum Gasteiger partial charge on any atom is 0.237 e. The lowest BCUT2D eigenvalue weighted by Gasteiger charge is -2.10. The molecule has 5 heteroatoms. The van der Waals surface area contributed by atoms with E-state index in [1.807, 2.05) is 6.07 Å². The van der Waals surface area contributed by atoms with Crippen LogP contribution in [0.25, 0.3) is 0 Å². The Kier molecular flexibility index (Phi) is 3.76. The molecule has 2 aromatic carbocycles. The number of phenols is 1. The van der Waals surface area contributed by atoms with E-state index < -0.39 is 10.0 Å². The molecule has 100 valence electrons. The first-order valence-electron chi connectivity index (χ1n) is 5.81. The van der Waals surface area contributed by atoms with Crippen molar-refractivity contribution in [3.63, 3.8) is 0 Å². The molecule has 0 fully saturated rings. The van der Waals surface area contributed by atoms with E-state index in [1.165, 1.54) is 6.07 Å². The summed E-state index contributed by atoms with van der Waals surface area (Å²) in [5, 5.41) is 9.80. The van der Waals surface area contributed by atoms with Gasteiger partial charge in [-0.1, -0.05) is 42.5 Å². The molecule has 0 spiro atoms. The molecule has 0 aliphatic rings. The monoisotopic (exact) mass is 277 g/mol. The Balaban J connectivity index is 2.20. The van der Waals surface area contributed by atoms with E-state index in [2.05, 4.69) is 4.72 Å². The Morgan fingerprint density at radius 1 is 1.05 bits per heavy atom. The third-order valence-corrected chi connectivity index (χ3v) is 3.95. The van der Waals surface area contributed by atoms with Crippen molar-refractivity contribution in [1.82, 2.24) is 0 Å². The number of hydrogen-bond acceptors (Lipinski definition) is 3. The molecule has 0 bridgehead atoms. The van der Waals surface area contributed by atoms with Gasteiger partial charge >= 0.3 is 0 Å². The number of benzene rings is 2. The third-order valence-electron chi connectivity index (χ3n) is 2.70. The predicted molar refractivity (Wildman–Crippen MR) is 75.5 cm³/mol. The molecule has 0 unspecified atom stereocenters. The van der Waals surface area contributed by atoms with Gasteiger partial charge in [0.25, 0.3) is 0 Å². The zero-order valence-electron chi connectivity index (χ0n) is 10.5. The lowest BCUT2D eigenvalue weighted by atomic mass is 10.2. The normalized spacial score (nSPS) is 11.2. The molecule has 0 aromatic heterocycles. The standard InChI is InChI=1S/C14H15NO3S/c1-11-6-5-9-13(14(11)16)15-19(17,18)10-12-7-3-2-4-8-12/h2-9,15-16H,10H2,1H3. The fourth-order valence-corrected chi connectivity index (χ4v) is 2.94. The molecule has 0 amide bonds. The van der Waals surface area contributed by atoms with E-state index in [0.717, 1.165) is 0 Å². The van der Waals surface area contributed by atoms with Crippen molar-refractivity contribution < 1.29 is 13.5 Å². The maximum absolute atomic E-state index is 12.0. The van der Waals surface area contributed by atoms with E-state index in [4.69, 9.17) is 0 Å². The van der Waals surface area contributed by atoms with Gasteiger partial charge in [0, 0.05) is 0 Å². The lowest BCUT2D eigenvalue weighted by molar-refractivity contribution is 0.473. The molecule has 2 N–H and O–H groups in total. The molecule has 2 rings (SSSR count). The average molecular weight is 277 g/mol. The molecule has 0 heterocycles. The van der Waals surface area contributed by atoms with Crippen LogP contribution >= 0.6 is 0 Å². The molecule has 0 atom stereocenters. The molecule has 0 radical (unpaired) electrons. The average Bonchev–Trinajstić information content (AvgIpc) is 2.35. The van der Waals surface area contributed by atoms with Crippen molar-refractivity contribution in [3.05, 3.63) is 59.7 Å². The van der Waals surface area contributed by atoms with Crippen molar-refractivity contribution in [3.8, 4) is 5.75 Å². The van der Waals surface area contributed by atoms with Gasteiger partial charge in [-0.05, 0) is 24.1 Å². The SMILES string of the molecule is Cc1cccc(NS(=O)(=O)Cc2ccccc2)c1O. The quantitative estimate of drug-likeness (QED) is 0.844. The first kappa shape index (κ1) is 13.4. The molecule has 4 nitrogen and oxygen atoms in total. The van der Waals surface area contributed by atoms with Crippen LogP contribution in [0.5, 0.6) is 5.75 Å². The zero-order chi connectivity index (χ0) is 13.9. The molecule has 19 heavy (non-hydrogen) atoms. The van der Waals surface area contributed by atoms with Crippen LogP contribution in [-0.2, 0) is 15.8 Å². The fourth-order valence-electron chi connectivity index (χ4n) is 1.74. The minimum absolute atomic E-state index is 0.0425. The van der Waals surface area contributed by atoms with Crippen LogP contribution in [0.15, 0.2) is 48.5 Å². The van der Waals surface area contributed by atoms with E-state index in [1.54, 1.807) is 43.3 Å². The number of nitrogens with one attached hydrogen (secondary N) is 1. The van der Waals surface area contributed by atoms with Crippen LogP contribution in [0, 0.1) is 6.92 Å². The number of aromatic hydroxyl groups is 1. The Bertz CT molecular complexity index is 666. The van der Waals surface area contributed by atoms with Crippen LogP contribution in [0.4, 0.5) is 5.69 Å². The summed E-state index contributed by atoms with van der Waals surface area (Å²) in [7, 11) is -3.54. The summed E-state index contributed by atoms with van der Waals surface area (Å²) in [4.78, 5) is 0.